The van der Waals surface area contributed by atoms with Crippen LogP contribution < -0.4 is 20.1 Å². The van der Waals surface area contributed by atoms with Gasteiger partial charge in [0.25, 0.3) is 0 Å². The number of hydrogen-bond donors (Lipinski definition) is 2. The number of rotatable bonds is 6. The SMILES string of the molecule is CCCNC(=NCc1cc2c(cc1OC)CC(C)O2)NCC.I. The van der Waals surface area contributed by atoms with Gasteiger partial charge in [0.1, 0.15) is 17.6 Å². The second kappa shape index (κ2) is 9.85. The lowest BCUT2D eigenvalue weighted by atomic mass is 10.1. The Balaban J connectivity index is 0.00000264. The molecule has 1 atom stereocenters. The van der Waals surface area contributed by atoms with E-state index >= 15 is 0 Å². The molecular weight excluding hydrogens is 405 g/mol. The zero-order valence-corrected chi connectivity index (χ0v) is 16.8. The molecule has 0 radical (unpaired) electrons. The van der Waals surface area contributed by atoms with E-state index in [9.17, 15) is 0 Å². The number of aliphatic imine (C=N–C) groups is 1. The Hall–Kier alpha value is -1.18. The van der Waals surface area contributed by atoms with E-state index in [0.29, 0.717) is 6.54 Å². The Morgan fingerprint density at radius 3 is 2.78 bits per heavy atom. The van der Waals surface area contributed by atoms with Crippen LogP contribution in [0.4, 0.5) is 0 Å². The number of fused-ring (bicyclic) bond motifs is 1. The Morgan fingerprint density at radius 2 is 2.13 bits per heavy atom. The smallest absolute Gasteiger partial charge is 0.191 e. The Labute approximate surface area is 156 Å². The lowest BCUT2D eigenvalue weighted by Gasteiger charge is -2.12. The molecule has 0 saturated heterocycles. The molecule has 0 amide bonds. The summed E-state index contributed by atoms with van der Waals surface area (Å²) in [5, 5.41) is 6.56. The summed E-state index contributed by atoms with van der Waals surface area (Å²) >= 11 is 0. The molecule has 23 heavy (non-hydrogen) atoms. The third kappa shape index (κ3) is 5.44. The predicted octanol–water partition coefficient (Wildman–Crippen LogP) is 3.10. The molecule has 0 saturated carbocycles. The summed E-state index contributed by atoms with van der Waals surface area (Å²) in [5.74, 6) is 2.68. The molecule has 6 heteroatoms. The second-order valence-electron chi connectivity index (χ2n) is 5.53. The van der Waals surface area contributed by atoms with E-state index in [4.69, 9.17) is 9.47 Å². The second-order valence-corrected chi connectivity index (χ2v) is 5.53. The summed E-state index contributed by atoms with van der Waals surface area (Å²) in [4.78, 5) is 4.63. The van der Waals surface area contributed by atoms with Crippen molar-refractivity contribution in [1.29, 1.82) is 0 Å². The number of halogens is 1. The van der Waals surface area contributed by atoms with E-state index in [-0.39, 0.29) is 30.1 Å². The van der Waals surface area contributed by atoms with Crippen LogP contribution in [0.5, 0.6) is 11.5 Å². The lowest BCUT2D eigenvalue weighted by Crippen LogP contribution is -2.37. The van der Waals surface area contributed by atoms with E-state index < -0.39 is 0 Å². The van der Waals surface area contributed by atoms with Gasteiger partial charge < -0.3 is 20.1 Å². The van der Waals surface area contributed by atoms with Crippen LogP contribution in [0, 0.1) is 0 Å². The minimum atomic E-state index is 0. The third-order valence-electron chi connectivity index (χ3n) is 3.59. The van der Waals surface area contributed by atoms with Crippen LogP contribution in [0.3, 0.4) is 0 Å². The van der Waals surface area contributed by atoms with Gasteiger partial charge in [-0.1, -0.05) is 6.92 Å². The first-order chi connectivity index (χ1) is 10.7. The number of nitrogens with one attached hydrogen (secondary N) is 2. The van der Waals surface area contributed by atoms with Crippen molar-refractivity contribution in [2.75, 3.05) is 20.2 Å². The van der Waals surface area contributed by atoms with Crippen molar-refractivity contribution in [3.05, 3.63) is 23.3 Å². The molecule has 5 nitrogen and oxygen atoms in total. The minimum absolute atomic E-state index is 0. The van der Waals surface area contributed by atoms with Crippen molar-refractivity contribution in [3.63, 3.8) is 0 Å². The number of methoxy groups -OCH3 is 1. The molecule has 0 bridgehead atoms. The van der Waals surface area contributed by atoms with Gasteiger partial charge in [-0.05, 0) is 32.4 Å². The summed E-state index contributed by atoms with van der Waals surface area (Å²) in [5.41, 5.74) is 2.26. The molecule has 0 aliphatic carbocycles. The summed E-state index contributed by atoms with van der Waals surface area (Å²) in [6, 6.07) is 4.14. The normalized spacial score (nSPS) is 16.2. The highest BCUT2D eigenvalue weighted by molar-refractivity contribution is 14.0. The standard InChI is InChI=1S/C17H27N3O2.HI/c1-5-7-19-17(18-6-2)20-11-14-10-16-13(8-12(3)22-16)9-15(14)21-4;/h9-10,12H,5-8,11H2,1-4H3,(H2,18,19,20);1H. The van der Waals surface area contributed by atoms with Crippen LogP contribution in [0.25, 0.3) is 0 Å². The molecule has 1 unspecified atom stereocenters. The maximum atomic E-state index is 5.83. The van der Waals surface area contributed by atoms with Crippen molar-refractivity contribution in [2.45, 2.75) is 46.3 Å². The first-order valence-corrected chi connectivity index (χ1v) is 8.06. The highest BCUT2D eigenvalue weighted by Crippen LogP contribution is 2.35. The zero-order chi connectivity index (χ0) is 15.9. The van der Waals surface area contributed by atoms with Crippen LogP contribution in [-0.4, -0.2) is 32.3 Å². The molecule has 1 aromatic carbocycles. The van der Waals surface area contributed by atoms with Gasteiger partial charge >= 0.3 is 0 Å². The fourth-order valence-corrected chi connectivity index (χ4v) is 2.54. The molecule has 1 aliphatic rings. The van der Waals surface area contributed by atoms with Gasteiger partial charge in [0, 0.05) is 30.6 Å². The Morgan fingerprint density at radius 1 is 1.35 bits per heavy atom. The largest absolute Gasteiger partial charge is 0.496 e. The summed E-state index contributed by atoms with van der Waals surface area (Å²) in [6.07, 6.45) is 2.25. The number of benzene rings is 1. The molecule has 1 aromatic rings. The van der Waals surface area contributed by atoms with E-state index in [1.54, 1.807) is 7.11 Å². The maximum absolute atomic E-state index is 5.83. The average molecular weight is 433 g/mol. The zero-order valence-electron chi connectivity index (χ0n) is 14.4. The third-order valence-corrected chi connectivity index (χ3v) is 3.59. The van der Waals surface area contributed by atoms with Crippen molar-refractivity contribution >= 4 is 29.9 Å². The number of nitrogens with zero attached hydrogens (tertiary/aromatic N) is 1. The molecule has 0 aromatic heterocycles. The molecule has 2 N–H and O–H groups in total. The van der Waals surface area contributed by atoms with Gasteiger partial charge in [0.15, 0.2) is 5.96 Å². The summed E-state index contributed by atoms with van der Waals surface area (Å²) in [7, 11) is 1.70. The van der Waals surface area contributed by atoms with Crippen molar-refractivity contribution < 1.29 is 9.47 Å². The Kier molecular flexibility index (Phi) is 8.51. The van der Waals surface area contributed by atoms with Crippen LogP contribution in [0.15, 0.2) is 17.1 Å². The van der Waals surface area contributed by atoms with Gasteiger partial charge in [0.2, 0.25) is 0 Å². The van der Waals surface area contributed by atoms with E-state index in [2.05, 4.69) is 48.5 Å². The average Bonchev–Trinajstić information content (AvgIpc) is 2.87. The van der Waals surface area contributed by atoms with Gasteiger partial charge in [0.05, 0.1) is 13.7 Å². The van der Waals surface area contributed by atoms with Crippen LogP contribution >= 0.6 is 24.0 Å². The monoisotopic (exact) mass is 433 g/mol. The Bertz CT molecular complexity index is 535. The lowest BCUT2D eigenvalue weighted by molar-refractivity contribution is 0.254. The highest BCUT2D eigenvalue weighted by atomic mass is 127. The van der Waals surface area contributed by atoms with Crippen molar-refractivity contribution in [1.82, 2.24) is 10.6 Å². The number of guanidine groups is 1. The predicted molar refractivity (Wildman–Crippen MR) is 105 cm³/mol. The fraction of sp³-hybridized carbons (Fsp3) is 0.588. The molecule has 1 heterocycles. The maximum Gasteiger partial charge on any atom is 0.191 e. The van der Waals surface area contributed by atoms with Crippen molar-refractivity contribution in [3.8, 4) is 11.5 Å². The molecule has 2 rings (SSSR count). The highest BCUT2D eigenvalue weighted by Gasteiger charge is 2.21. The number of hydrogen-bond acceptors (Lipinski definition) is 3. The number of ether oxygens (including phenoxy) is 2. The fourth-order valence-electron chi connectivity index (χ4n) is 2.54. The van der Waals surface area contributed by atoms with Crippen LogP contribution in [0.2, 0.25) is 0 Å². The first-order valence-electron chi connectivity index (χ1n) is 8.06. The first kappa shape index (κ1) is 19.9. The molecule has 130 valence electrons. The summed E-state index contributed by atoms with van der Waals surface area (Å²) < 4.78 is 11.3. The van der Waals surface area contributed by atoms with E-state index in [1.165, 1.54) is 5.56 Å². The molecular formula is C17H28IN3O2. The van der Waals surface area contributed by atoms with E-state index in [1.807, 2.05) is 0 Å². The quantitative estimate of drug-likeness (QED) is 0.411. The van der Waals surface area contributed by atoms with Gasteiger partial charge in [-0.25, -0.2) is 4.99 Å². The van der Waals surface area contributed by atoms with E-state index in [0.717, 1.165) is 49.0 Å². The van der Waals surface area contributed by atoms with Crippen molar-refractivity contribution in [2.24, 2.45) is 4.99 Å². The minimum Gasteiger partial charge on any atom is -0.496 e. The van der Waals surface area contributed by atoms with Crippen LogP contribution in [-0.2, 0) is 13.0 Å². The topological polar surface area (TPSA) is 54.9 Å². The van der Waals surface area contributed by atoms with Gasteiger partial charge in [-0.2, -0.15) is 0 Å². The van der Waals surface area contributed by atoms with Gasteiger partial charge in [-0.15, -0.1) is 24.0 Å². The summed E-state index contributed by atoms with van der Waals surface area (Å²) in [6.45, 7) is 8.60. The van der Waals surface area contributed by atoms with Gasteiger partial charge in [-0.3, -0.25) is 0 Å². The van der Waals surface area contributed by atoms with Crippen LogP contribution in [0.1, 0.15) is 38.3 Å². The molecule has 1 aliphatic heterocycles. The molecule has 0 spiro atoms. The molecule has 0 fully saturated rings.